The zero-order valence-corrected chi connectivity index (χ0v) is 12.2. The second-order valence-corrected chi connectivity index (χ2v) is 6.24. The molecule has 2 rings (SSSR count). The molecule has 0 fully saturated rings. The Morgan fingerprint density at radius 2 is 2.19 bits per heavy atom. The first-order valence-electron chi connectivity index (χ1n) is 5.84. The molecule has 0 amide bonds. The number of aliphatic hydroxyl groups excluding tert-OH is 1. The lowest BCUT2D eigenvalue weighted by Gasteiger charge is -2.15. The minimum absolute atomic E-state index is 0.0777. The molecule has 1 atom stereocenters. The summed E-state index contributed by atoms with van der Waals surface area (Å²) in [7, 11) is -4.01. The molecule has 0 aliphatic rings. The number of aliphatic hydroxyl groups is 1. The van der Waals surface area contributed by atoms with Crippen LogP contribution in [0.4, 0.5) is 0 Å². The van der Waals surface area contributed by atoms with Gasteiger partial charge in [-0.3, -0.25) is 0 Å². The summed E-state index contributed by atoms with van der Waals surface area (Å²) in [6, 6.07) is 7.83. The summed E-state index contributed by atoms with van der Waals surface area (Å²) in [6.07, 6.45) is 1.37. The van der Waals surface area contributed by atoms with E-state index in [4.69, 9.17) is 21.3 Å². The molecule has 1 unspecified atom stereocenters. The Bertz CT molecular complexity index is 766. The van der Waals surface area contributed by atoms with E-state index < -0.39 is 22.7 Å². The van der Waals surface area contributed by atoms with Crippen molar-refractivity contribution in [3.63, 3.8) is 0 Å². The number of benzene rings is 1. The van der Waals surface area contributed by atoms with Gasteiger partial charge in [-0.25, -0.2) is 8.42 Å². The molecule has 1 heterocycles. The number of nitriles is 1. The van der Waals surface area contributed by atoms with Gasteiger partial charge in [0, 0.05) is 5.02 Å². The van der Waals surface area contributed by atoms with E-state index in [0.29, 0.717) is 0 Å². The fourth-order valence-corrected chi connectivity index (χ4v) is 3.26. The quantitative estimate of drug-likeness (QED) is 0.872. The summed E-state index contributed by atoms with van der Waals surface area (Å²) in [5.41, 5.74) is -0.0777. The van der Waals surface area contributed by atoms with E-state index in [1.165, 1.54) is 30.5 Å². The van der Waals surface area contributed by atoms with Gasteiger partial charge in [0.05, 0.1) is 23.3 Å². The monoisotopic (exact) mass is 326 g/mol. The molecule has 110 valence electrons. The average Bonchev–Trinajstić information content (AvgIpc) is 2.98. The van der Waals surface area contributed by atoms with E-state index in [9.17, 15) is 13.5 Å². The number of hydrogen-bond donors (Lipinski definition) is 2. The molecule has 2 aromatic rings. The fraction of sp³-hybridized carbons (Fsp3) is 0.154. The molecule has 1 aromatic carbocycles. The maximum absolute atomic E-state index is 12.3. The van der Waals surface area contributed by atoms with Gasteiger partial charge in [0.25, 0.3) is 0 Å². The first kappa shape index (κ1) is 15.5. The molecule has 1 aromatic heterocycles. The van der Waals surface area contributed by atoms with Crippen LogP contribution in [0.1, 0.15) is 17.4 Å². The Labute approximate surface area is 126 Å². The highest BCUT2D eigenvalue weighted by Crippen LogP contribution is 2.22. The van der Waals surface area contributed by atoms with Crippen molar-refractivity contribution in [3.05, 3.63) is 52.9 Å². The van der Waals surface area contributed by atoms with Gasteiger partial charge in [0.15, 0.2) is 0 Å². The van der Waals surface area contributed by atoms with Gasteiger partial charge in [0.1, 0.15) is 17.9 Å². The molecule has 6 nitrogen and oxygen atoms in total. The van der Waals surface area contributed by atoms with Crippen molar-refractivity contribution in [1.29, 1.82) is 5.26 Å². The molecule has 2 N–H and O–H groups in total. The predicted octanol–water partition coefficient (Wildman–Crippen LogP) is 1.82. The summed E-state index contributed by atoms with van der Waals surface area (Å²) in [6.45, 7) is -0.484. The van der Waals surface area contributed by atoms with E-state index in [0.717, 1.165) is 0 Å². The van der Waals surface area contributed by atoms with Crippen molar-refractivity contribution in [3.8, 4) is 6.07 Å². The van der Waals surface area contributed by atoms with Gasteiger partial charge in [-0.2, -0.15) is 9.98 Å². The van der Waals surface area contributed by atoms with Crippen molar-refractivity contribution in [2.45, 2.75) is 10.9 Å². The summed E-state index contributed by atoms with van der Waals surface area (Å²) in [5.74, 6) is 0.272. The highest BCUT2D eigenvalue weighted by Gasteiger charge is 2.25. The van der Waals surface area contributed by atoms with Crippen LogP contribution < -0.4 is 4.72 Å². The maximum atomic E-state index is 12.3. The Morgan fingerprint density at radius 3 is 2.76 bits per heavy atom. The Morgan fingerprint density at radius 1 is 1.43 bits per heavy atom. The topological polar surface area (TPSA) is 103 Å². The van der Waals surface area contributed by atoms with E-state index in [1.54, 1.807) is 12.1 Å². The minimum Gasteiger partial charge on any atom is -0.468 e. The third-order valence-electron chi connectivity index (χ3n) is 2.72. The lowest BCUT2D eigenvalue weighted by molar-refractivity contribution is 0.242. The third kappa shape index (κ3) is 3.43. The van der Waals surface area contributed by atoms with E-state index in [2.05, 4.69) is 4.72 Å². The first-order valence-corrected chi connectivity index (χ1v) is 7.70. The van der Waals surface area contributed by atoms with Crippen LogP contribution in [0.3, 0.4) is 0 Å². The van der Waals surface area contributed by atoms with Gasteiger partial charge >= 0.3 is 0 Å². The highest BCUT2D eigenvalue weighted by molar-refractivity contribution is 7.89. The second-order valence-electron chi connectivity index (χ2n) is 4.12. The van der Waals surface area contributed by atoms with Crippen LogP contribution in [0.25, 0.3) is 0 Å². The molecular formula is C13H11ClN2O4S. The van der Waals surface area contributed by atoms with Crippen molar-refractivity contribution in [2.75, 3.05) is 6.61 Å². The number of halogens is 1. The zero-order valence-electron chi connectivity index (χ0n) is 10.7. The van der Waals surface area contributed by atoms with E-state index in [-0.39, 0.29) is 21.2 Å². The van der Waals surface area contributed by atoms with E-state index >= 15 is 0 Å². The van der Waals surface area contributed by atoms with E-state index in [1.807, 2.05) is 0 Å². The predicted molar refractivity (Wildman–Crippen MR) is 75.0 cm³/mol. The molecule has 0 aliphatic heterocycles. The molecule has 21 heavy (non-hydrogen) atoms. The molecule has 0 spiro atoms. The molecule has 0 aliphatic carbocycles. The average molecular weight is 327 g/mol. The van der Waals surface area contributed by atoms with Gasteiger partial charge in [-0.05, 0) is 30.3 Å². The van der Waals surface area contributed by atoms with Crippen LogP contribution in [0, 0.1) is 11.3 Å². The van der Waals surface area contributed by atoms with Crippen molar-refractivity contribution < 1.29 is 17.9 Å². The Balaban J connectivity index is 2.37. The van der Waals surface area contributed by atoms with Crippen LogP contribution >= 0.6 is 11.6 Å². The fourth-order valence-electron chi connectivity index (χ4n) is 1.75. The lowest BCUT2D eigenvalue weighted by Crippen LogP contribution is -2.31. The minimum atomic E-state index is -4.01. The largest absolute Gasteiger partial charge is 0.468 e. The van der Waals surface area contributed by atoms with Crippen LogP contribution in [0.15, 0.2) is 45.9 Å². The van der Waals surface area contributed by atoms with Crippen LogP contribution in [-0.4, -0.2) is 20.1 Å². The number of hydrogen-bond acceptors (Lipinski definition) is 5. The summed E-state index contributed by atoms with van der Waals surface area (Å²) in [5, 5.41) is 18.6. The molecule has 8 heteroatoms. The zero-order chi connectivity index (χ0) is 15.5. The molecular weight excluding hydrogens is 316 g/mol. The number of nitrogens with one attached hydrogen (secondary N) is 1. The number of rotatable bonds is 5. The van der Waals surface area contributed by atoms with Crippen molar-refractivity contribution in [1.82, 2.24) is 4.72 Å². The van der Waals surface area contributed by atoms with Crippen molar-refractivity contribution in [2.24, 2.45) is 0 Å². The lowest BCUT2D eigenvalue weighted by atomic mass is 10.2. The Hall–Kier alpha value is -1.85. The first-order chi connectivity index (χ1) is 9.97. The number of nitrogens with zero attached hydrogens (tertiary/aromatic N) is 1. The molecule has 0 saturated carbocycles. The van der Waals surface area contributed by atoms with Gasteiger partial charge < -0.3 is 9.52 Å². The van der Waals surface area contributed by atoms with Gasteiger partial charge in [0.2, 0.25) is 10.0 Å². The maximum Gasteiger partial charge on any atom is 0.242 e. The summed E-state index contributed by atoms with van der Waals surface area (Å²) in [4.78, 5) is -0.209. The van der Waals surface area contributed by atoms with Crippen LogP contribution in [0.2, 0.25) is 5.02 Å². The Kier molecular flexibility index (Phi) is 4.65. The van der Waals surface area contributed by atoms with Crippen LogP contribution in [0.5, 0.6) is 0 Å². The highest BCUT2D eigenvalue weighted by atomic mass is 35.5. The molecule has 0 saturated heterocycles. The third-order valence-corrected chi connectivity index (χ3v) is 4.48. The summed E-state index contributed by atoms with van der Waals surface area (Å²) >= 11 is 5.74. The smallest absolute Gasteiger partial charge is 0.242 e. The second kappa shape index (κ2) is 6.28. The normalized spacial score (nSPS) is 12.8. The van der Waals surface area contributed by atoms with Gasteiger partial charge in [-0.15, -0.1) is 0 Å². The number of sulfonamides is 1. The molecule has 0 bridgehead atoms. The summed E-state index contributed by atoms with van der Waals surface area (Å²) < 4.78 is 32.0. The number of furan rings is 1. The standard InChI is InChI=1S/C13H11ClN2O4S/c14-10-3-4-13(9(6-10)7-15)21(18,19)16-11(8-17)12-2-1-5-20-12/h1-6,11,16-17H,8H2. The van der Waals surface area contributed by atoms with Crippen LogP contribution in [-0.2, 0) is 10.0 Å². The van der Waals surface area contributed by atoms with Crippen molar-refractivity contribution >= 4 is 21.6 Å². The van der Waals surface area contributed by atoms with Gasteiger partial charge in [-0.1, -0.05) is 11.6 Å². The molecule has 0 radical (unpaired) electrons. The SMILES string of the molecule is N#Cc1cc(Cl)ccc1S(=O)(=O)NC(CO)c1ccco1.